The number of sulfone groups is 1. The number of nitrogens with zero attached hydrogens (tertiary/aromatic N) is 2. The summed E-state index contributed by atoms with van der Waals surface area (Å²) in [6.45, 7) is 5.01. The first-order valence-electron chi connectivity index (χ1n) is 6.29. The predicted molar refractivity (Wildman–Crippen MR) is 72.6 cm³/mol. The fourth-order valence-corrected chi connectivity index (χ4v) is 3.73. The number of aromatic nitrogens is 1. The highest BCUT2D eigenvalue weighted by Crippen LogP contribution is 2.20. The molecule has 0 aromatic carbocycles. The Bertz CT molecular complexity index is 533. The Morgan fingerprint density at radius 1 is 1.58 bits per heavy atom. The van der Waals surface area contributed by atoms with E-state index < -0.39 is 9.84 Å². The monoisotopic (exact) mass is 285 g/mol. The third-order valence-electron chi connectivity index (χ3n) is 3.22. The fourth-order valence-electron chi connectivity index (χ4n) is 2.18. The van der Waals surface area contributed by atoms with Gasteiger partial charge in [0.1, 0.15) is 0 Å². The van der Waals surface area contributed by atoms with Crippen molar-refractivity contribution in [2.75, 3.05) is 37.7 Å². The first-order chi connectivity index (χ1) is 9.03. The summed E-state index contributed by atoms with van der Waals surface area (Å²) in [6.07, 6.45) is 2.49. The van der Waals surface area contributed by atoms with E-state index in [1.54, 1.807) is 0 Å². The van der Waals surface area contributed by atoms with Crippen LogP contribution in [0.15, 0.2) is 23.4 Å². The van der Waals surface area contributed by atoms with E-state index in [0.717, 1.165) is 13.1 Å². The van der Waals surface area contributed by atoms with Crippen LogP contribution >= 0.6 is 0 Å². The minimum atomic E-state index is -3.44. The zero-order valence-corrected chi connectivity index (χ0v) is 11.8. The van der Waals surface area contributed by atoms with Gasteiger partial charge in [-0.2, -0.15) is 0 Å². The molecule has 1 aromatic rings. The molecule has 2 N–H and O–H groups in total. The summed E-state index contributed by atoms with van der Waals surface area (Å²) in [6, 6.07) is 1.44. The summed E-state index contributed by atoms with van der Waals surface area (Å²) >= 11 is 0. The van der Waals surface area contributed by atoms with Gasteiger partial charge in [-0.3, -0.25) is 9.88 Å². The van der Waals surface area contributed by atoms with Gasteiger partial charge in [0.2, 0.25) is 0 Å². The van der Waals surface area contributed by atoms with Gasteiger partial charge in [0, 0.05) is 19.3 Å². The summed E-state index contributed by atoms with van der Waals surface area (Å²) in [7, 11) is -3.44. The SMILES string of the molecule is CCN1CCOC(CS(=O)(=O)c2ccncc2N)C1. The summed E-state index contributed by atoms with van der Waals surface area (Å²) in [5, 5.41) is 0. The van der Waals surface area contributed by atoms with Crippen molar-refractivity contribution >= 4 is 15.5 Å². The molecule has 6 nitrogen and oxygen atoms in total. The summed E-state index contributed by atoms with van der Waals surface area (Å²) in [4.78, 5) is 6.12. The maximum atomic E-state index is 12.3. The highest BCUT2D eigenvalue weighted by molar-refractivity contribution is 7.91. The van der Waals surface area contributed by atoms with E-state index in [1.807, 2.05) is 0 Å². The van der Waals surface area contributed by atoms with Crippen LogP contribution in [0.2, 0.25) is 0 Å². The fraction of sp³-hybridized carbons (Fsp3) is 0.583. The number of anilines is 1. The summed E-state index contributed by atoms with van der Waals surface area (Å²) in [5.41, 5.74) is 5.86. The van der Waals surface area contributed by atoms with E-state index in [2.05, 4.69) is 16.8 Å². The van der Waals surface area contributed by atoms with Gasteiger partial charge in [-0.15, -0.1) is 0 Å². The minimum absolute atomic E-state index is 0.0439. The highest BCUT2D eigenvalue weighted by Gasteiger charge is 2.27. The molecule has 1 unspecified atom stereocenters. The topological polar surface area (TPSA) is 85.5 Å². The predicted octanol–water partition coefficient (Wildman–Crippen LogP) is 0.158. The third kappa shape index (κ3) is 3.43. The molecule has 0 saturated carbocycles. The quantitative estimate of drug-likeness (QED) is 0.848. The van der Waals surface area contributed by atoms with Crippen molar-refractivity contribution in [3.8, 4) is 0 Å². The normalized spacial score (nSPS) is 21.4. The van der Waals surface area contributed by atoms with E-state index in [4.69, 9.17) is 10.5 Å². The molecule has 1 aliphatic heterocycles. The Labute approximate surface area is 113 Å². The zero-order chi connectivity index (χ0) is 13.9. The molecule has 0 aliphatic carbocycles. The molecule has 0 amide bonds. The Balaban J connectivity index is 2.11. The van der Waals surface area contributed by atoms with E-state index in [0.29, 0.717) is 13.2 Å². The van der Waals surface area contributed by atoms with Gasteiger partial charge < -0.3 is 10.5 Å². The summed E-state index contributed by atoms with van der Waals surface area (Å²) in [5.74, 6) is -0.0439. The molecule has 106 valence electrons. The lowest BCUT2D eigenvalue weighted by Crippen LogP contribution is -2.45. The number of ether oxygens (including phenoxy) is 1. The number of rotatable bonds is 4. The lowest BCUT2D eigenvalue weighted by Gasteiger charge is -2.31. The first-order valence-corrected chi connectivity index (χ1v) is 7.94. The van der Waals surface area contributed by atoms with E-state index in [1.165, 1.54) is 18.5 Å². The average Bonchev–Trinajstić information content (AvgIpc) is 2.38. The third-order valence-corrected chi connectivity index (χ3v) is 5.07. The van der Waals surface area contributed by atoms with Crippen LogP contribution in [0, 0.1) is 0 Å². The highest BCUT2D eigenvalue weighted by atomic mass is 32.2. The van der Waals surface area contributed by atoms with Crippen LogP contribution in [0.5, 0.6) is 0 Å². The largest absolute Gasteiger partial charge is 0.396 e. The second-order valence-electron chi connectivity index (χ2n) is 4.58. The number of hydrogen-bond acceptors (Lipinski definition) is 6. The Morgan fingerprint density at radius 3 is 3.05 bits per heavy atom. The molecule has 19 heavy (non-hydrogen) atoms. The maximum Gasteiger partial charge on any atom is 0.183 e. The smallest absolute Gasteiger partial charge is 0.183 e. The molecule has 0 radical (unpaired) electrons. The number of hydrogen-bond donors (Lipinski definition) is 1. The number of nitrogens with two attached hydrogens (primary N) is 1. The van der Waals surface area contributed by atoms with Crippen molar-refractivity contribution in [3.63, 3.8) is 0 Å². The van der Waals surface area contributed by atoms with Crippen LogP contribution in [0.1, 0.15) is 6.92 Å². The average molecular weight is 285 g/mol. The van der Waals surface area contributed by atoms with Crippen LogP contribution in [-0.2, 0) is 14.6 Å². The second-order valence-corrected chi connectivity index (χ2v) is 6.58. The molecule has 1 saturated heterocycles. The zero-order valence-electron chi connectivity index (χ0n) is 10.9. The first kappa shape index (κ1) is 14.2. The molecule has 1 aromatic heterocycles. The second kappa shape index (κ2) is 5.85. The van der Waals surface area contributed by atoms with E-state index in [9.17, 15) is 8.42 Å². The molecule has 7 heteroatoms. The van der Waals surface area contributed by atoms with Gasteiger partial charge in [0.15, 0.2) is 9.84 Å². The summed E-state index contributed by atoms with van der Waals surface area (Å²) < 4.78 is 30.1. The van der Waals surface area contributed by atoms with Gasteiger partial charge in [0.05, 0.1) is 35.2 Å². The molecule has 0 spiro atoms. The Kier molecular flexibility index (Phi) is 4.38. The number of pyridine rings is 1. The molecule has 1 aliphatic rings. The lowest BCUT2D eigenvalue weighted by molar-refractivity contribution is -0.0145. The Morgan fingerprint density at radius 2 is 2.37 bits per heavy atom. The van der Waals surface area contributed by atoms with Crippen molar-refractivity contribution in [2.24, 2.45) is 0 Å². The lowest BCUT2D eigenvalue weighted by atomic mass is 10.3. The van der Waals surface area contributed by atoms with Gasteiger partial charge in [0.25, 0.3) is 0 Å². The minimum Gasteiger partial charge on any atom is -0.396 e. The maximum absolute atomic E-state index is 12.3. The van der Waals surface area contributed by atoms with Crippen molar-refractivity contribution in [1.29, 1.82) is 0 Å². The number of nitrogen functional groups attached to an aromatic ring is 1. The molecular weight excluding hydrogens is 266 g/mol. The van der Waals surface area contributed by atoms with Crippen molar-refractivity contribution < 1.29 is 13.2 Å². The van der Waals surface area contributed by atoms with Crippen molar-refractivity contribution in [1.82, 2.24) is 9.88 Å². The van der Waals surface area contributed by atoms with Gasteiger partial charge in [-0.25, -0.2) is 8.42 Å². The molecule has 1 atom stereocenters. The van der Waals surface area contributed by atoms with Gasteiger partial charge >= 0.3 is 0 Å². The standard InChI is InChI=1S/C12H19N3O3S/c1-2-15-5-6-18-10(8-15)9-19(16,17)12-3-4-14-7-11(12)13/h3-4,7,10H,2,5-6,8-9,13H2,1H3. The molecular formula is C12H19N3O3S. The van der Waals surface area contributed by atoms with Crippen LogP contribution in [-0.4, -0.2) is 56.4 Å². The van der Waals surface area contributed by atoms with Gasteiger partial charge in [-0.05, 0) is 12.6 Å². The van der Waals surface area contributed by atoms with Crippen LogP contribution in [0.25, 0.3) is 0 Å². The molecule has 1 fully saturated rings. The van der Waals surface area contributed by atoms with E-state index in [-0.39, 0.29) is 22.4 Å². The van der Waals surface area contributed by atoms with Crippen LogP contribution in [0.4, 0.5) is 5.69 Å². The van der Waals surface area contributed by atoms with E-state index >= 15 is 0 Å². The van der Waals surface area contributed by atoms with Gasteiger partial charge in [-0.1, -0.05) is 6.92 Å². The molecule has 2 rings (SSSR count). The molecule has 2 heterocycles. The van der Waals surface area contributed by atoms with Crippen molar-refractivity contribution in [3.05, 3.63) is 18.5 Å². The molecule has 0 bridgehead atoms. The van der Waals surface area contributed by atoms with Crippen LogP contribution in [0.3, 0.4) is 0 Å². The number of likely N-dealkylation sites (N-methyl/N-ethyl adjacent to an activating group) is 1. The van der Waals surface area contributed by atoms with Crippen LogP contribution < -0.4 is 5.73 Å². The number of morpholine rings is 1. The Hall–Kier alpha value is -1.18. The van der Waals surface area contributed by atoms with Crippen molar-refractivity contribution in [2.45, 2.75) is 17.9 Å².